The molecule has 1 saturated heterocycles. The van der Waals surface area contributed by atoms with E-state index in [1.54, 1.807) is 0 Å². The lowest BCUT2D eigenvalue weighted by Crippen LogP contribution is -2.49. The molecule has 1 aromatic carbocycles. The Morgan fingerprint density at radius 1 is 1.47 bits per heavy atom. The number of alkyl halides is 1. The molecule has 19 heavy (non-hydrogen) atoms. The zero-order chi connectivity index (χ0) is 14.0. The highest BCUT2D eigenvalue weighted by Gasteiger charge is 2.29. The van der Waals surface area contributed by atoms with Gasteiger partial charge in [0.2, 0.25) is 0 Å². The highest BCUT2D eigenvalue weighted by Crippen LogP contribution is 2.22. The Morgan fingerprint density at radius 2 is 2.21 bits per heavy atom. The van der Waals surface area contributed by atoms with Crippen LogP contribution in [0.2, 0.25) is 0 Å². The lowest BCUT2D eigenvalue weighted by Gasteiger charge is -2.36. The maximum Gasteiger partial charge on any atom is 0.255 e. The normalized spacial score (nSPS) is 23.5. The van der Waals surface area contributed by atoms with E-state index in [2.05, 4.69) is 31.9 Å². The van der Waals surface area contributed by atoms with Crippen molar-refractivity contribution in [3.05, 3.63) is 33.8 Å². The molecule has 5 heteroatoms. The number of halogens is 2. The second-order valence-electron chi connectivity index (χ2n) is 4.92. The van der Waals surface area contributed by atoms with Gasteiger partial charge in [-0.05, 0) is 41.9 Å². The van der Waals surface area contributed by atoms with Crippen LogP contribution >= 0.6 is 31.9 Å². The molecule has 0 saturated carbocycles. The van der Waals surface area contributed by atoms with E-state index in [1.165, 1.54) is 0 Å². The molecule has 0 spiro atoms. The second kappa shape index (κ2) is 6.37. The Labute approximate surface area is 130 Å². The van der Waals surface area contributed by atoms with E-state index >= 15 is 0 Å². The molecular formula is C14H17Br2NO2. The van der Waals surface area contributed by atoms with Gasteiger partial charge in [0.25, 0.3) is 5.91 Å². The lowest BCUT2D eigenvalue weighted by atomic mass is 10.1. The molecule has 1 aliphatic heterocycles. The summed E-state index contributed by atoms with van der Waals surface area (Å²) >= 11 is 6.88. The van der Waals surface area contributed by atoms with Crippen molar-refractivity contribution in [3.8, 4) is 0 Å². The lowest BCUT2D eigenvalue weighted by molar-refractivity contribution is -0.0559. The van der Waals surface area contributed by atoms with Gasteiger partial charge in [-0.1, -0.05) is 27.6 Å². The van der Waals surface area contributed by atoms with Crippen molar-refractivity contribution in [2.75, 3.05) is 18.4 Å². The first-order valence-electron chi connectivity index (χ1n) is 6.28. The predicted molar refractivity (Wildman–Crippen MR) is 82.9 cm³/mol. The number of benzene rings is 1. The Morgan fingerprint density at radius 3 is 2.89 bits per heavy atom. The van der Waals surface area contributed by atoms with E-state index in [1.807, 2.05) is 36.9 Å². The molecular weight excluding hydrogens is 374 g/mol. The number of aryl methyl sites for hydroxylation is 1. The summed E-state index contributed by atoms with van der Waals surface area (Å²) in [5.41, 5.74) is 1.81. The fourth-order valence-corrected chi connectivity index (χ4v) is 3.04. The number of hydrogen-bond donors (Lipinski definition) is 0. The fourth-order valence-electron chi connectivity index (χ4n) is 2.27. The van der Waals surface area contributed by atoms with Gasteiger partial charge in [0.1, 0.15) is 0 Å². The number of amides is 1. The number of carbonyl (C=O) groups is 1. The third-order valence-corrected chi connectivity index (χ3v) is 4.55. The first-order chi connectivity index (χ1) is 9.01. The largest absolute Gasteiger partial charge is 0.371 e. The summed E-state index contributed by atoms with van der Waals surface area (Å²) in [4.78, 5) is 14.5. The minimum atomic E-state index is 0.0660. The van der Waals surface area contributed by atoms with Gasteiger partial charge in [0.15, 0.2) is 0 Å². The predicted octanol–water partition coefficient (Wildman–Crippen LogP) is 3.38. The third kappa shape index (κ3) is 3.58. The van der Waals surface area contributed by atoms with Crippen molar-refractivity contribution in [2.24, 2.45) is 0 Å². The van der Waals surface area contributed by atoms with Crippen LogP contribution in [0.15, 0.2) is 22.7 Å². The van der Waals surface area contributed by atoms with Gasteiger partial charge in [-0.3, -0.25) is 4.79 Å². The minimum absolute atomic E-state index is 0.0660. The maximum absolute atomic E-state index is 12.6. The topological polar surface area (TPSA) is 29.5 Å². The highest BCUT2D eigenvalue weighted by molar-refractivity contribution is 9.10. The Bertz CT molecular complexity index is 479. The number of nitrogens with zero attached hydrogens (tertiary/aromatic N) is 1. The van der Waals surface area contributed by atoms with Crippen molar-refractivity contribution in [3.63, 3.8) is 0 Å². The summed E-state index contributed by atoms with van der Waals surface area (Å²) in [5.74, 6) is 0.0664. The van der Waals surface area contributed by atoms with Crippen LogP contribution in [-0.4, -0.2) is 41.4 Å². The molecule has 0 N–H and O–H groups in total. The van der Waals surface area contributed by atoms with Gasteiger partial charge < -0.3 is 9.64 Å². The molecule has 0 radical (unpaired) electrons. The number of ether oxygens (including phenoxy) is 1. The van der Waals surface area contributed by atoms with Crippen LogP contribution in [0.3, 0.4) is 0 Å². The van der Waals surface area contributed by atoms with Crippen LogP contribution < -0.4 is 0 Å². The Hall–Kier alpha value is -0.390. The summed E-state index contributed by atoms with van der Waals surface area (Å²) in [6.07, 6.45) is 0.139. The van der Waals surface area contributed by atoms with Gasteiger partial charge in [-0.15, -0.1) is 0 Å². The minimum Gasteiger partial charge on any atom is -0.371 e. The van der Waals surface area contributed by atoms with E-state index in [4.69, 9.17) is 4.74 Å². The second-order valence-corrected chi connectivity index (χ2v) is 6.42. The molecule has 1 amide bonds. The average molecular weight is 391 g/mol. The van der Waals surface area contributed by atoms with Crippen LogP contribution in [0.1, 0.15) is 22.8 Å². The molecule has 2 rings (SSSR count). The number of morpholine rings is 1. The number of rotatable bonds is 2. The molecule has 1 aliphatic rings. The Balaban J connectivity index is 2.21. The zero-order valence-corrected chi connectivity index (χ0v) is 14.2. The smallest absolute Gasteiger partial charge is 0.255 e. The van der Waals surface area contributed by atoms with E-state index in [9.17, 15) is 4.79 Å². The maximum atomic E-state index is 12.6. The molecule has 1 fully saturated rings. The number of carbonyl (C=O) groups excluding carboxylic acids is 1. The zero-order valence-electron chi connectivity index (χ0n) is 11.0. The molecule has 3 nitrogen and oxygen atoms in total. The summed E-state index contributed by atoms with van der Waals surface area (Å²) < 4.78 is 6.60. The summed E-state index contributed by atoms with van der Waals surface area (Å²) in [7, 11) is 0. The van der Waals surface area contributed by atoms with Crippen LogP contribution in [0.4, 0.5) is 0 Å². The van der Waals surface area contributed by atoms with E-state index in [0.29, 0.717) is 13.1 Å². The van der Waals surface area contributed by atoms with Gasteiger partial charge in [0, 0.05) is 22.9 Å². The van der Waals surface area contributed by atoms with Crippen LogP contribution in [0.5, 0.6) is 0 Å². The summed E-state index contributed by atoms with van der Waals surface area (Å²) in [6.45, 7) is 5.27. The van der Waals surface area contributed by atoms with Crippen LogP contribution in [0.25, 0.3) is 0 Å². The number of hydrogen-bond acceptors (Lipinski definition) is 2. The van der Waals surface area contributed by atoms with Crippen LogP contribution in [-0.2, 0) is 4.74 Å². The summed E-state index contributed by atoms with van der Waals surface area (Å²) in [5, 5.41) is 0.746. The van der Waals surface area contributed by atoms with Crippen molar-refractivity contribution >= 4 is 37.8 Å². The average Bonchev–Trinajstić information content (AvgIpc) is 2.40. The third-order valence-electron chi connectivity index (χ3n) is 3.14. The molecule has 104 valence electrons. The summed E-state index contributed by atoms with van der Waals surface area (Å²) in [6, 6.07) is 5.84. The molecule has 0 bridgehead atoms. The van der Waals surface area contributed by atoms with Gasteiger partial charge in [-0.25, -0.2) is 0 Å². The molecule has 1 heterocycles. The molecule has 0 aliphatic carbocycles. The van der Waals surface area contributed by atoms with Crippen molar-refractivity contribution in [1.82, 2.24) is 4.90 Å². The monoisotopic (exact) mass is 389 g/mol. The van der Waals surface area contributed by atoms with Gasteiger partial charge >= 0.3 is 0 Å². The molecule has 2 unspecified atom stereocenters. The molecule has 0 aromatic heterocycles. The quantitative estimate of drug-likeness (QED) is 0.724. The first kappa shape index (κ1) is 15.0. The molecule has 1 aromatic rings. The Kier molecular flexibility index (Phi) is 5.03. The van der Waals surface area contributed by atoms with Crippen molar-refractivity contribution < 1.29 is 9.53 Å². The molecule has 2 atom stereocenters. The van der Waals surface area contributed by atoms with Gasteiger partial charge in [-0.2, -0.15) is 0 Å². The standard InChI is InChI=1S/C14H17Br2NO2/c1-9-3-4-13(16)12(5-9)14(18)17-7-10(2)19-11(6-15)8-17/h3-5,10-11H,6-8H2,1-2H3. The van der Waals surface area contributed by atoms with E-state index < -0.39 is 0 Å². The fraction of sp³-hybridized carbons (Fsp3) is 0.500. The van der Waals surface area contributed by atoms with Gasteiger partial charge in [0.05, 0.1) is 17.8 Å². The van der Waals surface area contributed by atoms with E-state index in [0.717, 1.165) is 20.9 Å². The highest BCUT2D eigenvalue weighted by atomic mass is 79.9. The van der Waals surface area contributed by atoms with Crippen LogP contribution in [0, 0.1) is 6.92 Å². The van der Waals surface area contributed by atoms with Crippen molar-refractivity contribution in [1.29, 1.82) is 0 Å². The van der Waals surface area contributed by atoms with E-state index in [-0.39, 0.29) is 18.1 Å². The SMILES string of the molecule is Cc1ccc(Br)c(C(=O)N2CC(C)OC(CBr)C2)c1. The first-order valence-corrected chi connectivity index (χ1v) is 8.19. The van der Waals surface area contributed by atoms with Crippen molar-refractivity contribution in [2.45, 2.75) is 26.1 Å².